The molecule has 0 fully saturated rings. The number of thioether (sulfide) groups is 1. The van der Waals surface area contributed by atoms with Crippen molar-refractivity contribution in [2.45, 2.75) is 25.7 Å². The van der Waals surface area contributed by atoms with Gasteiger partial charge in [-0.15, -0.1) is 11.8 Å². The summed E-state index contributed by atoms with van der Waals surface area (Å²) in [5, 5.41) is 0.792. The summed E-state index contributed by atoms with van der Waals surface area (Å²) in [4.78, 5) is 22.9. The summed E-state index contributed by atoms with van der Waals surface area (Å²) in [6.45, 7) is 7.70. The number of aromatic nitrogens is 1. The summed E-state index contributed by atoms with van der Waals surface area (Å²) in [7, 11) is 4.05. The summed E-state index contributed by atoms with van der Waals surface area (Å²) in [5.74, 6) is 0.505. The summed E-state index contributed by atoms with van der Waals surface area (Å²) in [6.07, 6.45) is 0. The molecule has 3 rings (SSSR count). The average Bonchev–Trinajstić information content (AvgIpc) is 3.05. The molecule has 0 aliphatic carbocycles. The van der Waals surface area contributed by atoms with Gasteiger partial charge in [0.1, 0.15) is 0 Å². The zero-order valence-electron chi connectivity index (χ0n) is 17.2. The molecule has 4 nitrogen and oxygen atoms in total. The van der Waals surface area contributed by atoms with Crippen molar-refractivity contribution in [3.63, 3.8) is 0 Å². The molecule has 28 heavy (non-hydrogen) atoms. The maximum Gasteiger partial charge on any atom is 0.239 e. The van der Waals surface area contributed by atoms with Gasteiger partial charge in [-0.05, 0) is 64.2 Å². The van der Waals surface area contributed by atoms with Gasteiger partial charge >= 0.3 is 0 Å². The zero-order chi connectivity index (χ0) is 20.3. The number of carbonyl (C=O) groups is 1. The Morgan fingerprint density at radius 1 is 1.04 bits per heavy atom. The Bertz CT molecular complexity index is 964. The molecule has 1 amide bonds. The molecule has 0 aliphatic heterocycles. The van der Waals surface area contributed by atoms with Crippen LogP contribution in [0, 0.1) is 20.8 Å². The molecule has 1 heterocycles. The van der Waals surface area contributed by atoms with Gasteiger partial charge in [-0.1, -0.05) is 35.1 Å². The molecule has 1 aromatic heterocycles. The van der Waals surface area contributed by atoms with E-state index in [1.807, 2.05) is 19.0 Å². The van der Waals surface area contributed by atoms with Crippen molar-refractivity contribution in [2.24, 2.45) is 0 Å². The maximum atomic E-state index is 13.1. The Hall–Kier alpha value is -1.89. The Kier molecular flexibility index (Phi) is 6.75. The van der Waals surface area contributed by atoms with Crippen LogP contribution in [0.25, 0.3) is 10.2 Å². The third kappa shape index (κ3) is 5.13. The van der Waals surface area contributed by atoms with Crippen molar-refractivity contribution in [3.05, 3.63) is 53.1 Å². The van der Waals surface area contributed by atoms with Gasteiger partial charge in [0.15, 0.2) is 5.13 Å². The van der Waals surface area contributed by atoms with E-state index in [0.717, 1.165) is 26.8 Å². The van der Waals surface area contributed by atoms with E-state index in [1.165, 1.54) is 16.7 Å². The van der Waals surface area contributed by atoms with Crippen LogP contribution in [-0.4, -0.2) is 48.7 Å². The molecule has 3 aromatic rings. The number of thiazole rings is 1. The second kappa shape index (κ2) is 9.07. The van der Waals surface area contributed by atoms with Gasteiger partial charge in [-0.2, -0.15) is 0 Å². The number of nitrogens with zero attached hydrogens (tertiary/aromatic N) is 3. The van der Waals surface area contributed by atoms with Gasteiger partial charge < -0.3 is 4.90 Å². The van der Waals surface area contributed by atoms with E-state index < -0.39 is 0 Å². The van der Waals surface area contributed by atoms with E-state index in [-0.39, 0.29) is 5.91 Å². The minimum Gasteiger partial charge on any atom is -0.308 e. The lowest BCUT2D eigenvalue weighted by Crippen LogP contribution is -2.37. The fourth-order valence-corrected chi connectivity index (χ4v) is 4.80. The highest BCUT2D eigenvalue weighted by Crippen LogP contribution is 2.32. The van der Waals surface area contributed by atoms with Crippen LogP contribution in [0.5, 0.6) is 0 Å². The number of benzene rings is 2. The number of amides is 1. The lowest BCUT2D eigenvalue weighted by atomic mass is 10.1. The number of rotatable bonds is 7. The Morgan fingerprint density at radius 3 is 2.43 bits per heavy atom. The Labute approximate surface area is 175 Å². The van der Waals surface area contributed by atoms with Crippen molar-refractivity contribution in [2.75, 3.05) is 37.8 Å². The SMILES string of the molecule is Cc1ccc(SCC(=O)N(CCN(C)C)c2nc3cc(C)cc(C)c3s2)cc1. The molecule has 0 N–H and O–H groups in total. The van der Waals surface area contributed by atoms with E-state index >= 15 is 0 Å². The molecule has 2 aromatic carbocycles. The van der Waals surface area contributed by atoms with Gasteiger partial charge in [-0.3, -0.25) is 9.69 Å². The number of likely N-dealkylation sites (N-methyl/N-ethyl adjacent to an activating group) is 1. The topological polar surface area (TPSA) is 36.4 Å². The smallest absolute Gasteiger partial charge is 0.239 e. The first-order valence-electron chi connectivity index (χ1n) is 9.36. The summed E-state index contributed by atoms with van der Waals surface area (Å²) in [6, 6.07) is 12.6. The van der Waals surface area contributed by atoms with Crippen LogP contribution in [0.2, 0.25) is 0 Å². The molecular formula is C22H27N3OS2. The van der Waals surface area contributed by atoms with Crippen LogP contribution in [-0.2, 0) is 4.79 Å². The third-order valence-corrected chi connectivity index (χ3v) is 6.72. The maximum absolute atomic E-state index is 13.1. The Balaban J connectivity index is 1.82. The van der Waals surface area contributed by atoms with E-state index in [2.05, 4.69) is 62.1 Å². The van der Waals surface area contributed by atoms with Gasteiger partial charge in [0.05, 0.1) is 16.0 Å². The summed E-state index contributed by atoms with van der Waals surface area (Å²) in [5.41, 5.74) is 4.62. The number of anilines is 1. The van der Waals surface area contributed by atoms with Crippen molar-refractivity contribution >= 4 is 44.4 Å². The van der Waals surface area contributed by atoms with Gasteiger partial charge in [-0.25, -0.2) is 4.98 Å². The first-order chi connectivity index (χ1) is 13.3. The predicted molar refractivity (Wildman–Crippen MR) is 122 cm³/mol. The molecule has 148 valence electrons. The molecule has 0 unspecified atom stereocenters. The predicted octanol–water partition coefficient (Wildman–Crippen LogP) is 4.91. The van der Waals surface area contributed by atoms with Crippen LogP contribution in [0.4, 0.5) is 5.13 Å². The lowest BCUT2D eigenvalue weighted by Gasteiger charge is -2.21. The largest absolute Gasteiger partial charge is 0.308 e. The van der Waals surface area contributed by atoms with E-state index in [1.54, 1.807) is 23.1 Å². The first kappa shape index (κ1) is 20.8. The standard InChI is InChI=1S/C22H27N3OS2/c1-15-6-8-18(9-7-15)27-14-20(26)25(11-10-24(4)5)22-23-19-13-16(2)12-17(3)21(19)28-22/h6-9,12-13H,10-11,14H2,1-5H3. The Morgan fingerprint density at radius 2 is 1.75 bits per heavy atom. The fraction of sp³-hybridized carbons (Fsp3) is 0.364. The van der Waals surface area contributed by atoms with Crippen molar-refractivity contribution in [3.8, 4) is 0 Å². The van der Waals surface area contributed by atoms with Gasteiger partial charge in [0.25, 0.3) is 0 Å². The van der Waals surface area contributed by atoms with Gasteiger partial charge in [0.2, 0.25) is 5.91 Å². The molecule has 0 saturated heterocycles. The molecule has 0 saturated carbocycles. The lowest BCUT2D eigenvalue weighted by molar-refractivity contribution is -0.116. The van der Waals surface area contributed by atoms with Crippen LogP contribution in [0.3, 0.4) is 0 Å². The number of hydrogen-bond acceptors (Lipinski definition) is 5. The summed E-state index contributed by atoms with van der Waals surface area (Å²) >= 11 is 3.19. The van der Waals surface area contributed by atoms with Crippen LogP contribution in [0.1, 0.15) is 16.7 Å². The van der Waals surface area contributed by atoms with E-state index in [4.69, 9.17) is 4.98 Å². The van der Waals surface area contributed by atoms with Gasteiger partial charge in [0, 0.05) is 18.0 Å². The highest BCUT2D eigenvalue weighted by atomic mass is 32.2. The highest BCUT2D eigenvalue weighted by Gasteiger charge is 2.20. The normalized spacial score (nSPS) is 11.4. The number of fused-ring (bicyclic) bond motifs is 1. The minimum atomic E-state index is 0.0980. The molecular weight excluding hydrogens is 386 g/mol. The average molecular weight is 414 g/mol. The molecule has 6 heteroatoms. The second-order valence-corrected chi connectivity index (χ2v) is 9.40. The number of aryl methyl sites for hydroxylation is 3. The fourth-order valence-electron chi connectivity index (χ4n) is 2.96. The molecule has 0 atom stereocenters. The highest BCUT2D eigenvalue weighted by molar-refractivity contribution is 8.00. The minimum absolute atomic E-state index is 0.0980. The monoisotopic (exact) mass is 413 g/mol. The molecule has 0 radical (unpaired) electrons. The van der Waals surface area contributed by atoms with E-state index in [0.29, 0.717) is 12.3 Å². The van der Waals surface area contributed by atoms with Crippen LogP contribution < -0.4 is 4.90 Å². The van der Waals surface area contributed by atoms with Crippen molar-refractivity contribution in [1.82, 2.24) is 9.88 Å². The summed E-state index contributed by atoms with van der Waals surface area (Å²) < 4.78 is 1.16. The number of carbonyl (C=O) groups excluding carboxylic acids is 1. The molecule has 0 aliphatic rings. The zero-order valence-corrected chi connectivity index (χ0v) is 18.8. The van der Waals surface area contributed by atoms with Crippen molar-refractivity contribution < 1.29 is 4.79 Å². The van der Waals surface area contributed by atoms with E-state index in [9.17, 15) is 4.79 Å². The van der Waals surface area contributed by atoms with Crippen LogP contribution in [0.15, 0.2) is 41.3 Å². The number of hydrogen-bond donors (Lipinski definition) is 0. The molecule has 0 bridgehead atoms. The second-order valence-electron chi connectivity index (χ2n) is 7.38. The van der Waals surface area contributed by atoms with Crippen molar-refractivity contribution in [1.29, 1.82) is 0 Å². The third-order valence-electron chi connectivity index (χ3n) is 4.49. The quantitative estimate of drug-likeness (QED) is 0.516. The first-order valence-corrected chi connectivity index (χ1v) is 11.2. The molecule has 0 spiro atoms. The van der Waals surface area contributed by atoms with Crippen LogP contribution >= 0.6 is 23.1 Å².